The molecule has 0 unspecified atom stereocenters. The van der Waals surface area contributed by atoms with Crippen molar-refractivity contribution in [2.75, 3.05) is 0 Å². The summed E-state index contributed by atoms with van der Waals surface area (Å²) in [7, 11) is 0. The highest BCUT2D eigenvalue weighted by molar-refractivity contribution is 14.1. The van der Waals surface area contributed by atoms with E-state index in [2.05, 4.69) is 27.6 Å². The number of carbonyl (C=O) groups excluding carboxylic acids is 1. The average molecular weight is 271 g/mol. The minimum atomic E-state index is 0.631. The fourth-order valence-corrected chi connectivity index (χ4v) is 1.70. The standard InChI is InChI=1S/C9H6INO/c10-7-1-2-9-6(3-7)4-8(5-12)11-9/h1-5,11H. The minimum absolute atomic E-state index is 0.631. The van der Waals surface area contributed by atoms with E-state index in [9.17, 15) is 4.79 Å². The van der Waals surface area contributed by atoms with Gasteiger partial charge in [0.15, 0.2) is 6.29 Å². The summed E-state index contributed by atoms with van der Waals surface area (Å²) in [5.74, 6) is 0. The van der Waals surface area contributed by atoms with E-state index < -0.39 is 0 Å². The van der Waals surface area contributed by atoms with E-state index in [1.54, 1.807) is 0 Å². The lowest BCUT2D eigenvalue weighted by Gasteiger charge is -1.89. The van der Waals surface area contributed by atoms with Crippen LogP contribution in [-0.2, 0) is 0 Å². The van der Waals surface area contributed by atoms with Gasteiger partial charge in [0, 0.05) is 14.5 Å². The smallest absolute Gasteiger partial charge is 0.166 e. The molecule has 2 rings (SSSR count). The van der Waals surface area contributed by atoms with Crippen molar-refractivity contribution in [2.24, 2.45) is 0 Å². The van der Waals surface area contributed by atoms with Gasteiger partial charge in [-0.25, -0.2) is 0 Å². The van der Waals surface area contributed by atoms with Gasteiger partial charge in [0.2, 0.25) is 0 Å². The summed E-state index contributed by atoms with van der Waals surface area (Å²) in [6.07, 6.45) is 0.826. The number of fused-ring (bicyclic) bond motifs is 1. The number of aromatic nitrogens is 1. The minimum Gasteiger partial charge on any atom is -0.352 e. The number of halogens is 1. The van der Waals surface area contributed by atoms with Crippen LogP contribution in [0.1, 0.15) is 10.5 Å². The van der Waals surface area contributed by atoms with Crippen molar-refractivity contribution < 1.29 is 4.79 Å². The van der Waals surface area contributed by atoms with Crippen LogP contribution in [0.4, 0.5) is 0 Å². The molecule has 0 atom stereocenters. The highest BCUT2D eigenvalue weighted by atomic mass is 127. The summed E-state index contributed by atoms with van der Waals surface area (Å²) in [6.45, 7) is 0. The Kier molecular flexibility index (Phi) is 1.88. The van der Waals surface area contributed by atoms with Crippen LogP contribution >= 0.6 is 22.6 Å². The molecule has 3 heteroatoms. The molecule has 1 N–H and O–H groups in total. The third kappa shape index (κ3) is 1.24. The van der Waals surface area contributed by atoms with Gasteiger partial charge in [0.05, 0.1) is 5.69 Å². The Bertz CT molecular complexity index is 433. The van der Waals surface area contributed by atoms with Gasteiger partial charge in [-0.1, -0.05) is 0 Å². The highest BCUT2D eigenvalue weighted by Gasteiger charge is 1.98. The van der Waals surface area contributed by atoms with Crippen LogP contribution < -0.4 is 0 Å². The molecule has 2 aromatic rings. The normalized spacial score (nSPS) is 10.4. The largest absolute Gasteiger partial charge is 0.352 e. The number of nitrogens with one attached hydrogen (secondary N) is 1. The molecule has 0 radical (unpaired) electrons. The maximum Gasteiger partial charge on any atom is 0.166 e. The Hall–Kier alpha value is -0.840. The first-order chi connectivity index (χ1) is 5.79. The van der Waals surface area contributed by atoms with Crippen LogP contribution in [0, 0.1) is 3.57 Å². The van der Waals surface area contributed by atoms with Gasteiger partial charge in [-0.15, -0.1) is 0 Å². The number of hydrogen-bond donors (Lipinski definition) is 1. The Balaban J connectivity index is 2.75. The highest BCUT2D eigenvalue weighted by Crippen LogP contribution is 2.17. The second-order valence-electron chi connectivity index (χ2n) is 2.57. The van der Waals surface area contributed by atoms with Crippen molar-refractivity contribution in [3.05, 3.63) is 33.5 Å². The summed E-state index contributed by atoms with van der Waals surface area (Å²) >= 11 is 2.25. The Morgan fingerprint density at radius 3 is 2.92 bits per heavy atom. The lowest BCUT2D eigenvalue weighted by atomic mass is 10.2. The predicted octanol–water partition coefficient (Wildman–Crippen LogP) is 2.58. The van der Waals surface area contributed by atoms with Crippen LogP contribution in [0.5, 0.6) is 0 Å². The van der Waals surface area contributed by atoms with Crippen LogP contribution in [0.2, 0.25) is 0 Å². The van der Waals surface area contributed by atoms with Crippen LogP contribution in [-0.4, -0.2) is 11.3 Å². The lowest BCUT2D eigenvalue weighted by Crippen LogP contribution is -1.74. The van der Waals surface area contributed by atoms with Crippen molar-refractivity contribution in [2.45, 2.75) is 0 Å². The van der Waals surface area contributed by atoms with Crippen molar-refractivity contribution in [3.8, 4) is 0 Å². The monoisotopic (exact) mass is 271 g/mol. The van der Waals surface area contributed by atoms with Gasteiger partial charge >= 0.3 is 0 Å². The molecule has 12 heavy (non-hydrogen) atoms. The zero-order valence-electron chi connectivity index (χ0n) is 6.17. The molecule has 0 saturated carbocycles. The van der Waals surface area contributed by atoms with E-state index >= 15 is 0 Å². The Morgan fingerprint density at radius 1 is 1.33 bits per heavy atom. The molecule has 2 nitrogen and oxygen atoms in total. The number of rotatable bonds is 1. The number of hydrogen-bond acceptors (Lipinski definition) is 1. The molecule has 0 aliphatic rings. The number of H-pyrrole nitrogens is 1. The first-order valence-corrected chi connectivity index (χ1v) is 4.61. The molecule has 0 fully saturated rings. The summed E-state index contributed by atoms with van der Waals surface area (Å²) < 4.78 is 1.18. The quantitative estimate of drug-likeness (QED) is 0.627. The molecule has 1 aromatic heterocycles. The van der Waals surface area contributed by atoms with E-state index in [1.165, 1.54) is 3.57 Å². The zero-order chi connectivity index (χ0) is 8.55. The van der Waals surface area contributed by atoms with Gasteiger partial charge in [-0.05, 0) is 46.9 Å². The molecule has 60 valence electrons. The number of aromatic amines is 1. The summed E-state index contributed by atoms with van der Waals surface area (Å²) in [5.41, 5.74) is 1.64. The van der Waals surface area contributed by atoms with E-state index in [-0.39, 0.29) is 0 Å². The first-order valence-electron chi connectivity index (χ1n) is 3.53. The maximum absolute atomic E-state index is 10.4. The Morgan fingerprint density at radius 2 is 2.17 bits per heavy atom. The van der Waals surface area contributed by atoms with Gasteiger partial charge < -0.3 is 4.98 Å². The number of aldehydes is 1. The van der Waals surface area contributed by atoms with E-state index in [0.29, 0.717) is 5.69 Å². The fraction of sp³-hybridized carbons (Fsp3) is 0. The van der Waals surface area contributed by atoms with E-state index in [1.807, 2.05) is 24.3 Å². The maximum atomic E-state index is 10.4. The third-order valence-electron chi connectivity index (χ3n) is 1.73. The van der Waals surface area contributed by atoms with Crippen LogP contribution in [0.25, 0.3) is 10.9 Å². The molecular weight excluding hydrogens is 265 g/mol. The van der Waals surface area contributed by atoms with E-state index in [4.69, 9.17) is 0 Å². The van der Waals surface area contributed by atoms with Crippen molar-refractivity contribution in [1.82, 2.24) is 4.98 Å². The average Bonchev–Trinajstić information content (AvgIpc) is 2.46. The van der Waals surface area contributed by atoms with Crippen molar-refractivity contribution in [3.63, 3.8) is 0 Å². The summed E-state index contributed by atoms with van der Waals surface area (Å²) in [4.78, 5) is 13.4. The molecule has 1 heterocycles. The molecule has 0 spiro atoms. The first kappa shape index (κ1) is 7.79. The second-order valence-corrected chi connectivity index (χ2v) is 3.82. The van der Waals surface area contributed by atoms with Gasteiger partial charge in [0.25, 0.3) is 0 Å². The van der Waals surface area contributed by atoms with Gasteiger partial charge in [0.1, 0.15) is 0 Å². The molecule has 1 aromatic carbocycles. The van der Waals surface area contributed by atoms with Crippen LogP contribution in [0.3, 0.4) is 0 Å². The molecule has 0 amide bonds. The molecule has 0 saturated heterocycles. The van der Waals surface area contributed by atoms with Crippen molar-refractivity contribution in [1.29, 1.82) is 0 Å². The number of benzene rings is 1. The van der Waals surface area contributed by atoms with Crippen molar-refractivity contribution >= 4 is 39.8 Å². The summed E-state index contributed by atoms with van der Waals surface area (Å²) in [5, 5.41) is 1.09. The predicted molar refractivity (Wildman–Crippen MR) is 56.4 cm³/mol. The van der Waals surface area contributed by atoms with Crippen LogP contribution in [0.15, 0.2) is 24.3 Å². The van der Waals surface area contributed by atoms with E-state index in [0.717, 1.165) is 17.2 Å². The molecular formula is C9H6INO. The molecule has 0 aliphatic heterocycles. The second kappa shape index (κ2) is 2.90. The number of carbonyl (C=O) groups is 1. The van der Waals surface area contributed by atoms with Gasteiger partial charge in [-0.3, -0.25) is 4.79 Å². The topological polar surface area (TPSA) is 32.9 Å². The zero-order valence-corrected chi connectivity index (χ0v) is 8.33. The molecule has 0 aliphatic carbocycles. The summed E-state index contributed by atoms with van der Waals surface area (Å²) in [6, 6.07) is 7.88. The Labute approximate surface area is 83.1 Å². The lowest BCUT2D eigenvalue weighted by molar-refractivity contribution is 0.112. The molecule has 0 bridgehead atoms. The fourth-order valence-electron chi connectivity index (χ4n) is 1.19. The SMILES string of the molecule is O=Cc1cc2cc(I)ccc2[nH]1. The third-order valence-corrected chi connectivity index (χ3v) is 2.40. The van der Waals surface area contributed by atoms with Gasteiger partial charge in [-0.2, -0.15) is 0 Å².